The van der Waals surface area contributed by atoms with Crippen molar-refractivity contribution >= 4 is 51.0 Å². The van der Waals surface area contributed by atoms with E-state index >= 15 is 0 Å². The number of rotatable bonds is 8. The summed E-state index contributed by atoms with van der Waals surface area (Å²) in [6.45, 7) is 1.10. The Bertz CT molecular complexity index is 1370. The van der Waals surface area contributed by atoms with Crippen LogP contribution in [0.25, 0.3) is 11.1 Å². The van der Waals surface area contributed by atoms with Crippen molar-refractivity contribution in [3.05, 3.63) is 87.9 Å². The number of hydrogen-bond donors (Lipinski definition) is 3. The topological polar surface area (TPSA) is 130 Å². The maximum atomic E-state index is 12.6. The van der Waals surface area contributed by atoms with E-state index in [0.29, 0.717) is 16.7 Å². The standard InChI is InChI=1S/C24H20Cl2N2O6S/c1-14(29)28-35(33,34)21-8-3-2-5-17(21)16-11-9-15(10-12-16)13-20(24(31)32)27-23(30)22-18(25)6-4-7-19(22)26/h2-12,20H,13H2,1H3,(H,27,30)(H,28,29)(H,31,32)/t20-/m0/s1. The van der Waals surface area contributed by atoms with E-state index in [4.69, 9.17) is 23.2 Å². The zero-order chi connectivity index (χ0) is 25.8. The van der Waals surface area contributed by atoms with Crippen LogP contribution in [0, 0.1) is 0 Å². The molecule has 0 saturated carbocycles. The summed E-state index contributed by atoms with van der Waals surface area (Å²) < 4.78 is 27.0. The molecular formula is C24H20Cl2N2O6S. The summed E-state index contributed by atoms with van der Waals surface area (Å²) >= 11 is 12.1. The van der Waals surface area contributed by atoms with Gasteiger partial charge in [0, 0.05) is 18.9 Å². The van der Waals surface area contributed by atoms with Gasteiger partial charge < -0.3 is 10.4 Å². The molecule has 3 N–H and O–H groups in total. The highest BCUT2D eigenvalue weighted by atomic mass is 35.5. The van der Waals surface area contributed by atoms with Gasteiger partial charge in [-0.25, -0.2) is 17.9 Å². The molecule has 0 bridgehead atoms. The van der Waals surface area contributed by atoms with Crippen molar-refractivity contribution in [2.45, 2.75) is 24.3 Å². The van der Waals surface area contributed by atoms with E-state index in [2.05, 4.69) is 5.32 Å². The Morgan fingerprint density at radius 1 is 0.914 bits per heavy atom. The van der Waals surface area contributed by atoms with Crippen molar-refractivity contribution in [3.63, 3.8) is 0 Å². The van der Waals surface area contributed by atoms with Gasteiger partial charge in [0.15, 0.2) is 0 Å². The molecule has 3 aromatic carbocycles. The monoisotopic (exact) mass is 534 g/mol. The van der Waals surface area contributed by atoms with Crippen LogP contribution in [0.3, 0.4) is 0 Å². The Hall–Kier alpha value is -3.40. The molecule has 0 saturated heterocycles. The van der Waals surface area contributed by atoms with E-state index in [1.807, 2.05) is 4.72 Å². The van der Waals surface area contributed by atoms with Crippen LogP contribution in [0.4, 0.5) is 0 Å². The molecule has 0 unspecified atom stereocenters. The van der Waals surface area contributed by atoms with Crippen LogP contribution in [-0.4, -0.2) is 37.3 Å². The fourth-order valence-corrected chi connectivity index (χ4v) is 5.18. The van der Waals surface area contributed by atoms with Gasteiger partial charge in [0.25, 0.3) is 15.9 Å². The lowest BCUT2D eigenvalue weighted by Gasteiger charge is -2.16. The van der Waals surface area contributed by atoms with Gasteiger partial charge >= 0.3 is 5.97 Å². The fourth-order valence-electron chi connectivity index (χ4n) is 3.38. The number of carboxylic acid groups (broad SMARTS) is 1. The molecule has 1 atom stereocenters. The summed E-state index contributed by atoms with van der Waals surface area (Å²) in [5.74, 6) is -2.69. The first-order valence-corrected chi connectivity index (χ1v) is 12.4. The molecule has 0 spiro atoms. The van der Waals surface area contributed by atoms with Crippen LogP contribution >= 0.6 is 23.2 Å². The first-order chi connectivity index (χ1) is 16.5. The fraction of sp³-hybridized carbons (Fsp3) is 0.125. The third kappa shape index (κ3) is 6.39. The second-order valence-electron chi connectivity index (χ2n) is 7.52. The molecule has 11 heteroatoms. The van der Waals surface area contributed by atoms with E-state index < -0.39 is 33.8 Å². The zero-order valence-electron chi connectivity index (χ0n) is 18.3. The second kappa shape index (κ2) is 10.9. The highest BCUT2D eigenvalue weighted by molar-refractivity contribution is 7.90. The quantitative estimate of drug-likeness (QED) is 0.401. The van der Waals surface area contributed by atoms with E-state index in [1.54, 1.807) is 42.5 Å². The largest absolute Gasteiger partial charge is 0.480 e. The van der Waals surface area contributed by atoms with Gasteiger partial charge in [0.2, 0.25) is 5.91 Å². The third-order valence-corrected chi connectivity index (χ3v) is 7.07. The molecule has 8 nitrogen and oxygen atoms in total. The normalized spacial score (nSPS) is 12.0. The lowest BCUT2D eigenvalue weighted by atomic mass is 10.0. The number of amides is 2. The van der Waals surface area contributed by atoms with Crippen molar-refractivity contribution in [2.24, 2.45) is 0 Å². The van der Waals surface area contributed by atoms with Gasteiger partial charge in [-0.05, 0) is 29.3 Å². The average Bonchev–Trinajstić information content (AvgIpc) is 2.78. The smallest absolute Gasteiger partial charge is 0.326 e. The first kappa shape index (κ1) is 26.2. The Balaban J connectivity index is 1.83. The predicted octanol–water partition coefficient (Wildman–Crippen LogP) is 3.91. The molecular weight excluding hydrogens is 515 g/mol. The molecule has 35 heavy (non-hydrogen) atoms. The first-order valence-electron chi connectivity index (χ1n) is 10.2. The number of carboxylic acids is 1. The van der Waals surface area contributed by atoms with Gasteiger partial charge in [-0.1, -0.05) is 71.7 Å². The lowest BCUT2D eigenvalue weighted by molar-refractivity contribution is -0.139. The van der Waals surface area contributed by atoms with E-state index in [1.165, 1.54) is 24.3 Å². The molecule has 3 rings (SSSR count). The summed E-state index contributed by atoms with van der Waals surface area (Å²) in [5, 5.41) is 12.2. The number of hydrogen-bond acceptors (Lipinski definition) is 5. The van der Waals surface area contributed by atoms with E-state index in [0.717, 1.165) is 6.92 Å². The van der Waals surface area contributed by atoms with Crippen molar-refractivity contribution in [1.82, 2.24) is 10.0 Å². The van der Waals surface area contributed by atoms with E-state index in [-0.39, 0.29) is 26.9 Å². The molecule has 2 amide bonds. The molecule has 0 aliphatic rings. The van der Waals surface area contributed by atoms with Crippen LogP contribution in [0.5, 0.6) is 0 Å². The van der Waals surface area contributed by atoms with Crippen molar-refractivity contribution in [3.8, 4) is 11.1 Å². The third-order valence-electron chi connectivity index (χ3n) is 4.95. The lowest BCUT2D eigenvalue weighted by Crippen LogP contribution is -2.42. The zero-order valence-corrected chi connectivity index (χ0v) is 20.6. The summed E-state index contributed by atoms with van der Waals surface area (Å²) in [6, 6.07) is 15.9. The highest BCUT2D eigenvalue weighted by Crippen LogP contribution is 2.28. The molecule has 0 aromatic heterocycles. The van der Waals surface area contributed by atoms with Gasteiger partial charge in [-0.2, -0.15) is 0 Å². The molecule has 182 valence electrons. The van der Waals surface area contributed by atoms with Crippen LogP contribution < -0.4 is 10.0 Å². The van der Waals surface area contributed by atoms with Crippen molar-refractivity contribution in [2.75, 3.05) is 0 Å². The van der Waals surface area contributed by atoms with Crippen LogP contribution in [-0.2, 0) is 26.0 Å². The Labute approximate surface area is 211 Å². The summed E-state index contributed by atoms with van der Waals surface area (Å²) in [5.41, 5.74) is 1.46. The number of carbonyl (C=O) groups is 3. The number of nitrogens with one attached hydrogen (secondary N) is 2. The maximum Gasteiger partial charge on any atom is 0.326 e. The molecule has 0 aliphatic heterocycles. The number of halogens is 2. The summed E-state index contributed by atoms with van der Waals surface area (Å²) in [4.78, 5) is 35.6. The predicted molar refractivity (Wildman–Crippen MR) is 132 cm³/mol. The van der Waals surface area contributed by atoms with Gasteiger partial charge in [0.05, 0.1) is 20.5 Å². The van der Waals surface area contributed by atoms with Gasteiger partial charge in [0.1, 0.15) is 6.04 Å². The van der Waals surface area contributed by atoms with Crippen LogP contribution in [0.1, 0.15) is 22.8 Å². The number of aliphatic carboxylic acids is 1. The molecule has 0 fully saturated rings. The maximum absolute atomic E-state index is 12.6. The second-order valence-corrected chi connectivity index (χ2v) is 9.99. The van der Waals surface area contributed by atoms with Crippen molar-refractivity contribution in [1.29, 1.82) is 0 Å². The molecule has 0 heterocycles. The molecule has 3 aromatic rings. The number of carbonyl (C=O) groups excluding carboxylic acids is 2. The molecule has 0 radical (unpaired) electrons. The molecule has 0 aliphatic carbocycles. The van der Waals surface area contributed by atoms with Gasteiger partial charge in [-0.3, -0.25) is 9.59 Å². The minimum Gasteiger partial charge on any atom is -0.480 e. The van der Waals surface area contributed by atoms with Crippen LogP contribution in [0.15, 0.2) is 71.6 Å². The number of sulfonamides is 1. The van der Waals surface area contributed by atoms with Gasteiger partial charge in [-0.15, -0.1) is 0 Å². The van der Waals surface area contributed by atoms with Crippen LogP contribution in [0.2, 0.25) is 10.0 Å². The Morgan fingerprint density at radius 3 is 2.09 bits per heavy atom. The Morgan fingerprint density at radius 2 is 1.51 bits per heavy atom. The minimum atomic E-state index is -4.07. The minimum absolute atomic E-state index is 0.0191. The average molecular weight is 535 g/mol. The SMILES string of the molecule is CC(=O)NS(=O)(=O)c1ccccc1-c1ccc(C[C@H](NC(=O)c2c(Cl)cccc2Cl)C(=O)O)cc1. The summed E-state index contributed by atoms with van der Waals surface area (Å²) in [7, 11) is -4.07. The Kier molecular flexibility index (Phi) is 8.16. The summed E-state index contributed by atoms with van der Waals surface area (Å²) in [6.07, 6.45) is -0.0464. The highest BCUT2D eigenvalue weighted by Gasteiger charge is 2.24. The van der Waals surface area contributed by atoms with E-state index in [9.17, 15) is 27.9 Å². The number of benzene rings is 3. The van der Waals surface area contributed by atoms with Crippen molar-refractivity contribution < 1.29 is 27.9 Å².